The number of ether oxygens (including phenoxy) is 2. The van der Waals surface area contributed by atoms with Crippen molar-refractivity contribution >= 4 is 27.4 Å². The summed E-state index contributed by atoms with van der Waals surface area (Å²) in [6.07, 6.45) is 0.741. The Morgan fingerprint density at radius 2 is 1.96 bits per heavy atom. The third-order valence-electron chi connectivity index (χ3n) is 4.15. The number of anilines is 2. The molecule has 0 unspecified atom stereocenters. The molecule has 2 aromatic rings. The maximum Gasteiger partial charge on any atom is 0.338 e. The Bertz CT molecular complexity index is 926. The van der Waals surface area contributed by atoms with Gasteiger partial charge in [0.25, 0.3) is 10.0 Å². The number of nitrogens with one attached hydrogen (secondary N) is 1. The molecule has 0 spiro atoms. The molecule has 3 rings (SSSR count). The zero-order chi connectivity index (χ0) is 19.4. The van der Waals surface area contributed by atoms with Crippen molar-refractivity contribution in [1.82, 2.24) is 0 Å². The number of likely N-dealkylation sites (N-methyl/N-ethyl adjacent to an activating group) is 1. The summed E-state index contributed by atoms with van der Waals surface area (Å²) in [4.78, 5) is 13.9. The summed E-state index contributed by atoms with van der Waals surface area (Å²) >= 11 is 0. The molecule has 0 radical (unpaired) electrons. The standard InChI is InChI=1S/C19H22N2O5S/c1-3-11-26-19(22)14-4-6-15(7-5-14)20-27(23,24)16-8-9-18-17(13-16)21(2)10-12-25-18/h4-9,13,20H,3,10-12H2,1-2H3. The van der Waals surface area contributed by atoms with Crippen LogP contribution in [0.5, 0.6) is 5.75 Å². The summed E-state index contributed by atoms with van der Waals surface area (Å²) in [6, 6.07) is 10.9. The molecule has 1 aliphatic heterocycles. The lowest BCUT2D eigenvalue weighted by Gasteiger charge is -2.28. The second kappa shape index (κ2) is 7.87. The molecule has 0 amide bonds. The van der Waals surface area contributed by atoms with E-state index in [1.807, 2.05) is 18.9 Å². The fraction of sp³-hybridized carbons (Fsp3) is 0.316. The highest BCUT2D eigenvalue weighted by Gasteiger charge is 2.21. The monoisotopic (exact) mass is 390 g/mol. The van der Waals surface area contributed by atoms with E-state index in [0.717, 1.165) is 12.1 Å². The van der Waals surface area contributed by atoms with Crippen LogP contribution in [0.2, 0.25) is 0 Å². The molecule has 1 heterocycles. The van der Waals surface area contributed by atoms with Crippen LogP contribution in [0.3, 0.4) is 0 Å². The average Bonchev–Trinajstić information content (AvgIpc) is 2.66. The van der Waals surface area contributed by atoms with E-state index < -0.39 is 16.0 Å². The van der Waals surface area contributed by atoms with Crippen LogP contribution < -0.4 is 14.4 Å². The van der Waals surface area contributed by atoms with Gasteiger partial charge in [-0.1, -0.05) is 6.92 Å². The molecule has 0 atom stereocenters. The molecule has 0 aromatic heterocycles. The van der Waals surface area contributed by atoms with E-state index in [1.54, 1.807) is 12.1 Å². The first-order chi connectivity index (χ1) is 12.9. The molecule has 1 N–H and O–H groups in total. The number of esters is 1. The van der Waals surface area contributed by atoms with Crippen molar-refractivity contribution in [3.63, 3.8) is 0 Å². The molecule has 2 aromatic carbocycles. The zero-order valence-corrected chi connectivity index (χ0v) is 16.1. The first-order valence-electron chi connectivity index (χ1n) is 8.68. The Hall–Kier alpha value is -2.74. The van der Waals surface area contributed by atoms with Crippen LogP contribution in [0.15, 0.2) is 47.4 Å². The van der Waals surface area contributed by atoms with Gasteiger partial charge < -0.3 is 14.4 Å². The van der Waals surface area contributed by atoms with Gasteiger partial charge in [-0.15, -0.1) is 0 Å². The van der Waals surface area contributed by atoms with Gasteiger partial charge in [-0.25, -0.2) is 13.2 Å². The van der Waals surface area contributed by atoms with Crippen molar-refractivity contribution in [2.75, 3.05) is 36.4 Å². The molecular weight excluding hydrogens is 368 g/mol. The van der Waals surface area contributed by atoms with Gasteiger partial charge in [0, 0.05) is 12.7 Å². The molecule has 7 nitrogen and oxygen atoms in total. The summed E-state index contributed by atoms with van der Waals surface area (Å²) in [5.74, 6) is 0.238. The quantitative estimate of drug-likeness (QED) is 0.764. The molecule has 144 valence electrons. The lowest BCUT2D eigenvalue weighted by Crippen LogP contribution is -2.29. The third-order valence-corrected chi connectivity index (χ3v) is 5.53. The number of hydrogen-bond donors (Lipinski definition) is 1. The van der Waals surface area contributed by atoms with Crippen LogP contribution in [0.1, 0.15) is 23.7 Å². The van der Waals surface area contributed by atoms with E-state index in [2.05, 4.69) is 4.72 Å². The minimum absolute atomic E-state index is 0.144. The van der Waals surface area contributed by atoms with Crippen molar-refractivity contribution in [2.24, 2.45) is 0 Å². The van der Waals surface area contributed by atoms with E-state index in [-0.39, 0.29) is 4.90 Å². The summed E-state index contributed by atoms with van der Waals surface area (Å²) in [6.45, 7) is 3.53. The molecule has 0 saturated heterocycles. The Labute approximate surface area is 158 Å². The number of sulfonamides is 1. The van der Waals surface area contributed by atoms with Gasteiger partial charge in [0.2, 0.25) is 0 Å². The van der Waals surface area contributed by atoms with Crippen LogP contribution in [0.4, 0.5) is 11.4 Å². The van der Waals surface area contributed by atoms with E-state index in [1.165, 1.54) is 30.3 Å². The summed E-state index contributed by atoms with van der Waals surface area (Å²) in [5, 5.41) is 0. The van der Waals surface area contributed by atoms with Crippen molar-refractivity contribution in [2.45, 2.75) is 18.2 Å². The van der Waals surface area contributed by atoms with E-state index in [4.69, 9.17) is 9.47 Å². The van der Waals surface area contributed by atoms with E-state index >= 15 is 0 Å². The van der Waals surface area contributed by atoms with Gasteiger partial charge in [-0.05, 0) is 48.9 Å². The van der Waals surface area contributed by atoms with Crippen molar-refractivity contribution in [3.05, 3.63) is 48.0 Å². The maximum atomic E-state index is 12.7. The van der Waals surface area contributed by atoms with Gasteiger partial charge in [0.1, 0.15) is 12.4 Å². The normalized spacial score (nSPS) is 13.5. The fourth-order valence-electron chi connectivity index (χ4n) is 2.66. The highest BCUT2D eigenvalue weighted by atomic mass is 32.2. The van der Waals surface area contributed by atoms with Gasteiger partial charge in [0.05, 0.1) is 29.3 Å². The predicted molar refractivity (Wildman–Crippen MR) is 103 cm³/mol. The van der Waals surface area contributed by atoms with Gasteiger partial charge in [0.15, 0.2) is 0 Å². The Kier molecular flexibility index (Phi) is 5.55. The highest BCUT2D eigenvalue weighted by molar-refractivity contribution is 7.92. The Morgan fingerprint density at radius 1 is 1.22 bits per heavy atom. The van der Waals surface area contributed by atoms with Gasteiger partial charge in [-0.2, -0.15) is 0 Å². The van der Waals surface area contributed by atoms with Crippen molar-refractivity contribution in [1.29, 1.82) is 0 Å². The molecule has 8 heteroatoms. The molecule has 1 aliphatic rings. The van der Waals surface area contributed by atoms with Crippen LogP contribution in [0.25, 0.3) is 0 Å². The molecule has 0 fully saturated rings. The predicted octanol–water partition coefficient (Wildman–Crippen LogP) is 2.88. The first-order valence-corrected chi connectivity index (χ1v) is 10.2. The van der Waals surface area contributed by atoms with Crippen molar-refractivity contribution < 1.29 is 22.7 Å². The number of nitrogens with zero attached hydrogens (tertiary/aromatic N) is 1. The number of carbonyl (C=O) groups excluding carboxylic acids is 1. The Balaban J connectivity index is 1.77. The largest absolute Gasteiger partial charge is 0.490 e. The average molecular weight is 390 g/mol. The number of fused-ring (bicyclic) bond motifs is 1. The maximum absolute atomic E-state index is 12.7. The smallest absolute Gasteiger partial charge is 0.338 e. The lowest BCUT2D eigenvalue weighted by molar-refractivity contribution is 0.0505. The van der Waals surface area contributed by atoms with Crippen LogP contribution in [-0.2, 0) is 14.8 Å². The van der Waals surface area contributed by atoms with Crippen LogP contribution in [0, 0.1) is 0 Å². The van der Waals surface area contributed by atoms with Gasteiger partial charge >= 0.3 is 5.97 Å². The second-order valence-electron chi connectivity index (χ2n) is 6.22. The third kappa shape index (κ3) is 4.33. The lowest BCUT2D eigenvalue weighted by atomic mass is 10.2. The zero-order valence-electron chi connectivity index (χ0n) is 15.3. The summed E-state index contributed by atoms with van der Waals surface area (Å²) < 4.78 is 38.5. The summed E-state index contributed by atoms with van der Waals surface area (Å²) in [7, 11) is -1.88. The summed E-state index contributed by atoms with van der Waals surface area (Å²) in [5.41, 5.74) is 1.47. The number of benzene rings is 2. The molecule has 0 saturated carbocycles. The molecule has 0 aliphatic carbocycles. The second-order valence-corrected chi connectivity index (χ2v) is 7.90. The number of rotatable bonds is 6. The first kappa shape index (κ1) is 19.0. The van der Waals surface area contributed by atoms with E-state index in [0.29, 0.717) is 36.8 Å². The van der Waals surface area contributed by atoms with Gasteiger partial charge in [-0.3, -0.25) is 4.72 Å². The highest BCUT2D eigenvalue weighted by Crippen LogP contribution is 2.33. The van der Waals surface area contributed by atoms with Crippen LogP contribution >= 0.6 is 0 Å². The molecule has 27 heavy (non-hydrogen) atoms. The number of hydrogen-bond acceptors (Lipinski definition) is 6. The van der Waals surface area contributed by atoms with Crippen LogP contribution in [-0.4, -0.2) is 41.2 Å². The number of carbonyl (C=O) groups is 1. The SMILES string of the molecule is CCCOC(=O)c1ccc(NS(=O)(=O)c2ccc3c(c2)N(C)CCO3)cc1. The topological polar surface area (TPSA) is 84.9 Å². The molecular formula is C19H22N2O5S. The molecule has 0 bridgehead atoms. The van der Waals surface area contributed by atoms with Crippen molar-refractivity contribution in [3.8, 4) is 5.75 Å². The van der Waals surface area contributed by atoms with E-state index in [9.17, 15) is 13.2 Å². The fourth-order valence-corrected chi connectivity index (χ4v) is 3.74. The Morgan fingerprint density at radius 3 is 2.67 bits per heavy atom. The minimum Gasteiger partial charge on any atom is -0.490 e. The minimum atomic E-state index is -3.77.